The van der Waals surface area contributed by atoms with Gasteiger partial charge in [0.1, 0.15) is 0 Å². The zero-order chi connectivity index (χ0) is 19.1. The van der Waals surface area contributed by atoms with Gasteiger partial charge in [-0.25, -0.2) is 0 Å². The molecule has 28 heavy (non-hydrogen) atoms. The van der Waals surface area contributed by atoms with Crippen molar-refractivity contribution >= 4 is 17.5 Å². The minimum Gasteiger partial charge on any atom is -0.454 e. The van der Waals surface area contributed by atoms with Crippen molar-refractivity contribution in [2.45, 2.75) is 69.9 Å². The molecule has 1 saturated heterocycles. The number of carbonyl (C=O) groups is 2. The smallest absolute Gasteiger partial charge is 0.231 e. The number of rotatable bonds is 4. The zero-order valence-corrected chi connectivity index (χ0v) is 16.3. The van der Waals surface area contributed by atoms with E-state index in [-0.39, 0.29) is 24.5 Å². The minimum atomic E-state index is -0.237. The molecular formula is C22H28N2O4. The third-order valence-electron chi connectivity index (χ3n) is 6.83. The van der Waals surface area contributed by atoms with Gasteiger partial charge in [0.05, 0.1) is 5.92 Å². The first-order chi connectivity index (χ1) is 13.7. The average Bonchev–Trinajstić information content (AvgIpc) is 3.49. The first kappa shape index (κ1) is 17.8. The molecular weight excluding hydrogens is 356 g/mol. The Labute approximate surface area is 165 Å². The lowest BCUT2D eigenvalue weighted by molar-refractivity contribution is -0.140. The number of hydrogen-bond donors (Lipinski definition) is 0. The number of hydrogen-bond acceptors (Lipinski definition) is 4. The molecule has 2 aliphatic carbocycles. The maximum atomic E-state index is 13.5. The Kier molecular flexibility index (Phi) is 4.65. The van der Waals surface area contributed by atoms with E-state index in [1.54, 1.807) is 4.90 Å². The number of ether oxygens (including phenoxy) is 2. The molecule has 6 heteroatoms. The fourth-order valence-corrected chi connectivity index (χ4v) is 5.41. The van der Waals surface area contributed by atoms with E-state index in [0.717, 1.165) is 31.4 Å². The summed E-state index contributed by atoms with van der Waals surface area (Å²) in [6.45, 7) is 0.679. The number of fused-ring (bicyclic) bond motifs is 1. The van der Waals surface area contributed by atoms with Crippen LogP contribution in [0.15, 0.2) is 18.2 Å². The summed E-state index contributed by atoms with van der Waals surface area (Å²) in [4.78, 5) is 30.2. The molecule has 2 amide bonds. The number of nitrogens with zero attached hydrogens (tertiary/aromatic N) is 2. The first-order valence-electron chi connectivity index (χ1n) is 10.7. The summed E-state index contributed by atoms with van der Waals surface area (Å²) in [5, 5.41) is 0. The van der Waals surface area contributed by atoms with Crippen LogP contribution in [0.5, 0.6) is 11.5 Å². The van der Waals surface area contributed by atoms with Gasteiger partial charge in [-0.2, -0.15) is 0 Å². The molecule has 2 heterocycles. The average molecular weight is 384 g/mol. The number of anilines is 1. The molecule has 3 fully saturated rings. The van der Waals surface area contributed by atoms with Crippen molar-refractivity contribution in [3.05, 3.63) is 18.2 Å². The van der Waals surface area contributed by atoms with E-state index in [2.05, 4.69) is 4.90 Å². The lowest BCUT2D eigenvalue weighted by Gasteiger charge is -2.36. The molecule has 0 bridgehead atoms. The topological polar surface area (TPSA) is 59.1 Å². The lowest BCUT2D eigenvalue weighted by Crippen LogP contribution is -2.48. The summed E-state index contributed by atoms with van der Waals surface area (Å²) in [6.07, 6.45) is 9.65. The Morgan fingerprint density at radius 1 is 0.964 bits per heavy atom. The van der Waals surface area contributed by atoms with Crippen LogP contribution in [0.2, 0.25) is 0 Å². The summed E-state index contributed by atoms with van der Waals surface area (Å²) in [6, 6.07) is 6.32. The Balaban J connectivity index is 1.34. The summed E-state index contributed by atoms with van der Waals surface area (Å²) in [7, 11) is 0. The molecule has 4 aliphatic rings. The van der Waals surface area contributed by atoms with Gasteiger partial charge in [0.15, 0.2) is 11.5 Å². The van der Waals surface area contributed by atoms with Gasteiger partial charge in [0.25, 0.3) is 0 Å². The third kappa shape index (κ3) is 3.12. The Bertz CT molecular complexity index is 752. The maximum absolute atomic E-state index is 13.5. The normalized spacial score (nSPS) is 25.1. The van der Waals surface area contributed by atoms with Gasteiger partial charge in [-0.15, -0.1) is 0 Å². The maximum Gasteiger partial charge on any atom is 0.231 e. The fourth-order valence-electron chi connectivity index (χ4n) is 5.41. The van der Waals surface area contributed by atoms with Gasteiger partial charge in [-0.3, -0.25) is 9.59 Å². The second kappa shape index (κ2) is 7.30. The predicted octanol–water partition coefficient (Wildman–Crippen LogP) is 3.48. The van der Waals surface area contributed by atoms with E-state index in [1.807, 2.05) is 18.2 Å². The SMILES string of the molecule is O=C1CC(C(=O)N(C2CCCC2)C2CCCC2)CN1c1ccc2c(c1)OCO2. The van der Waals surface area contributed by atoms with Gasteiger partial charge in [0.2, 0.25) is 18.6 Å². The van der Waals surface area contributed by atoms with Gasteiger partial charge < -0.3 is 19.3 Å². The zero-order valence-electron chi connectivity index (χ0n) is 16.3. The highest BCUT2D eigenvalue weighted by Crippen LogP contribution is 2.38. The van der Waals surface area contributed by atoms with Crippen molar-refractivity contribution in [2.24, 2.45) is 5.92 Å². The third-order valence-corrected chi connectivity index (χ3v) is 6.83. The van der Waals surface area contributed by atoms with Crippen molar-refractivity contribution in [3.8, 4) is 11.5 Å². The minimum absolute atomic E-state index is 0.0232. The van der Waals surface area contributed by atoms with Crippen LogP contribution in [0.1, 0.15) is 57.8 Å². The van der Waals surface area contributed by atoms with Crippen molar-refractivity contribution < 1.29 is 19.1 Å². The van der Waals surface area contributed by atoms with Crippen LogP contribution < -0.4 is 14.4 Å². The van der Waals surface area contributed by atoms with Crippen LogP contribution in [0.3, 0.4) is 0 Å². The predicted molar refractivity (Wildman–Crippen MR) is 104 cm³/mol. The quantitative estimate of drug-likeness (QED) is 0.797. The standard InChI is InChI=1S/C22H28N2O4/c25-21-11-15(13-23(21)18-9-10-19-20(12-18)28-14-27-19)22(26)24(16-5-1-2-6-16)17-7-3-4-8-17/h9-10,12,15-17H,1-8,11,13-14H2. The molecule has 0 spiro atoms. The summed E-state index contributed by atoms with van der Waals surface area (Å²) in [5.41, 5.74) is 0.790. The van der Waals surface area contributed by atoms with Gasteiger partial charge in [-0.05, 0) is 37.8 Å². The van der Waals surface area contributed by atoms with E-state index in [9.17, 15) is 9.59 Å². The van der Waals surface area contributed by atoms with Crippen molar-refractivity contribution in [1.29, 1.82) is 0 Å². The van der Waals surface area contributed by atoms with Crippen LogP contribution in [0.4, 0.5) is 5.69 Å². The molecule has 0 radical (unpaired) electrons. The van der Waals surface area contributed by atoms with E-state index in [4.69, 9.17) is 9.47 Å². The highest BCUT2D eigenvalue weighted by atomic mass is 16.7. The van der Waals surface area contributed by atoms with Crippen LogP contribution in [0, 0.1) is 5.92 Å². The lowest BCUT2D eigenvalue weighted by atomic mass is 10.0. The van der Waals surface area contributed by atoms with Crippen LogP contribution in [0.25, 0.3) is 0 Å². The first-order valence-corrected chi connectivity index (χ1v) is 10.7. The molecule has 150 valence electrons. The molecule has 0 N–H and O–H groups in total. The molecule has 2 aliphatic heterocycles. The Morgan fingerprint density at radius 3 is 2.29 bits per heavy atom. The molecule has 0 aromatic heterocycles. The van der Waals surface area contributed by atoms with Crippen LogP contribution >= 0.6 is 0 Å². The summed E-state index contributed by atoms with van der Waals surface area (Å²) in [5.74, 6) is 1.36. The van der Waals surface area contributed by atoms with E-state index < -0.39 is 0 Å². The molecule has 6 nitrogen and oxygen atoms in total. The van der Waals surface area contributed by atoms with Gasteiger partial charge >= 0.3 is 0 Å². The molecule has 1 unspecified atom stereocenters. The number of benzene rings is 1. The summed E-state index contributed by atoms with van der Waals surface area (Å²) < 4.78 is 10.8. The van der Waals surface area contributed by atoms with Gasteiger partial charge in [0, 0.05) is 36.8 Å². The second-order valence-electron chi connectivity index (χ2n) is 8.57. The number of amides is 2. The van der Waals surface area contributed by atoms with Crippen LogP contribution in [-0.2, 0) is 9.59 Å². The van der Waals surface area contributed by atoms with E-state index in [0.29, 0.717) is 36.5 Å². The fraction of sp³-hybridized carbons (Fsp3) is 0.636. The Morgan fingerprint density at radius 2 is 1.61 bits per heavy atom. The highest BCUT2D eigenvalue weighted by Gasteiger charge is 2.42. The van der Waals surface area contributed by atoms with Crippen molar-refractivity contribution in [3.63, 3.8) is 0 Å². The monoisotopic (exact) mass is 384 g/mol. The molecule has 1 atom stereocenters. The molecule has 1 aromatic rings. The van der Waals surface area contributed by atoms with Crippen LogP contribution in [-0.4, -0.2) is 42.1 Å². The van der Waals surface area contributed by atoms with Crippen molar-refractivity contribution in [1.82, 2.24) is 4.90 Å². The van der Waals surface area contributed by atoms with E-state index in [1.165, 1.54) is 25.7 Å². The van der Waals surface area contributed by atoms with Gasteiger partial charge in [-0.1, -0.05) is 25.7 Å². The largest absolute Gasteiger partial charge is 0.454 e. The molecule has 2 saturated carbocycles. The second-order valence-corrected chi connectivity index (χ2v) is 8.57. The number of carbonyl (C=O) groups excluding carboxylic acids is 2. The highest BCUT2D eigenvalue weighted by molar-refractivity contribution is 6.00. The molecule has 1 aromatic carbocycles. The summed E-state index contributed by atoms with van der Waals surface area (Å²) >= 11 is 0. The van der Waals surface area contributed by atoms with E-state index >= 15 is 0 Å². The van der Waals surface area contributed by atoms with Crippen molar-refractivity contribution in [2.75, 3.05) is 18.2 Å². The Hall–Kier alpha value is -2.24. The molecule has 5 rings (SSSR count).